The molecule has 1 saturated carbocycles. The molecule has 0 atom stereocenters. The summed E-state index contributed by atoms with van der Waals surface area (Å²) in [7, 11) is 4.32. The molecule has 0 N–H and O–H groups in total. The van der Waals surface area contributed by atoms with Gasteiger partial charge < -0.3 is 4.90 Å². The highest BCUT2D eigenvalue weighted by atomic mass is 16.1. The topological polar surface area (TPSA) is 23.6 Å². The first-order valence-electron chi connectivity index (χ1n) is 7.58. The van der Waals surface area contributed by atoms with E-state index < -0.39 is 0 Å². The van der Waals surface area contributed by atoms with E-state index in [0.29, 0.717) is 24.3 Å². The van der Waals surface area contributed by atoms with E-state index in [1.165, 1.54) is 45.2 Å². The summed E-state index contributed by atoms with van der Waals surface area (Å²) in [5, 5.41) is 0. The minimum Gasteiger partial charge on any atom is -0.306 e. The van der Waals surface area contributed by atoms with Gasteiger partial charge in [-0.05, 0) is 52.9 Å². The van der Waals surface area contributed by atoms with Crippen molar-refractivity contribution in [2.24, 2.45) is 5.92 Å². The second kappa shape index (κ2) is 6.67. The van der Waals surface area contributed by atoms with Crippen molar-refractivity contribution in [2.75, 3.05) is 33.7 Å². The second-order valence-electron chi connectivity index (χ2n) is 6.25. The number of hydrogen-bond acceptors (Lipinski definition) is 3. The molecule has 104 valence electrons. The van der Waals surface area contributed by atoms with Crippen LogP contribution in [0.15, 0.2) is 0 Å². The Morgan fingerprint density at radius 3 is 2.33 bits per heavy atom. The molecule has 1 aliphatic heterocycles. The van der Waals surface area contributed by atoms with E-state index in [-0.39, 0.29) is 0 Å². The smallest absolute Gasteiger partial charge is 0.149 e. The Bertz CT molecular complexity index is 266. The van der Waals surface area contributed by atoms with Crippen molar-refractivity contribution >= 4 is 5.78 Å². The number of hydrogen-bond donors (Lipinski definition) is 0. The molecule has 1 saturated heterocycles. The van der Waals surface area contributed by atoms with Crippen LogP contribution in [0.2, 0.25) is 0 Å². The number of Topliss-reactive ketones (excluding diaryl/α,β-unsaturated/α-hetero) is 1. The van der Waals surface area contributed by atoms with Crippen LogP contribution in [0.3, 0.4) is 0 Å². The van der Waals surface area contributed by atoms with E-state index in [4.69, 9.17) is 0 Å². The zero-order chi connectivity index (χ0) is 13.0. The predicted octanol–water partition coefficient (Wildman–Crippen LogP) is 2.16. The fourth-order valence-corrected chi connectivity index (χ4v) is 3.36. The molecule has 1 heterocycles. The number of carbonyl (C=O) groups is 1. The number of likely N-dealkylation sites (tertiary alicyclic amines) is 1. The maximum absolute atomic E-state index is 12.3. The Hall–Kier alpha value is -0.410. The lowest BCUT2D eigenvalue weighted by molar-refractivity contribution is -0.125. The average molecular weight is 252 g/mol. The normalized spacial score (nSPS) is 24.6. The Kier molecular flexibility index (Phi) is 5.19. The lowest BCUT2D eigenvalue weighted by Gasteiger charge is -2.35. The maximum Gasteiger partial charge on any atom is 0.149 e. The predicted molar refractivity (Wildman–Crippen MR) is 74.7 cm³/mol. The molecule has 0 aromatic carbocycles. The fourth-order valence-electron chi connectivity index (χ4n) is 3.36. The molecular weight excluding hydrogens is 224 g/mol. The van der Waals surface area contributed by atoms with E-state index in [9.17, 15) is 4.79 Å². The molecule has 0 radical (unpaired) electrons. The molecule has 3 nitrogen and oxygen atoms in total. The van der Waals surface area contributed by atoms with Gasteiger partial charge in [-0.25, -0.2) is 0 Å². The summed E-state index contributed by atoms with van der Waals surface area (Å²) in [6.45, 7) is 3.03. The molecule has 0 unspecified atom stereocenters. The number of carbonyl (C=O) groups excluding carboxylic acids is 1. The first-order valence-corrected chi connectivity index (χ1v) is 7.58. The van der Waals surface area contributed by atoms with E-state index >= 15 is 0 Å². The summed E-state index contributed by atoms with van der Waals surface area (Å²) >= 11 is 0. The minimum absolute atomic E-state index is 0.368. The molecule has 2 fully saturated rings. The van der Waals surface area contributed by atoms with E-state index in [2.05, 4.69) is 23.9 Å². The van der Waals surface area contributed by atoms with Crippen molar-refractivity contribution in [1.82, 2.24) is 9.80 Å². The van der Waals surface area contributed by atoms with Crippen molar-refractivity contribution in [3.63, 3.8) is 0 Å². The van der Waals surface area contributed by atoms with Crippen LogP contribution >= 0.6 is 0 Å². The summed E-state index contributed by atoms with van der Waals surface area (Å²) < 4.78 is 0. The van der Waals surface area contributed by atoms with Crippen LogP contribution in [0.25, 0.3) is 0 Å². The van der Waals surface area contributed by atoms with Crippen LogP contribution < -0.4 is 0 Å². The Labute approximate surface area is 112 Å². The van der Waals surface area contributed by atoms with Gasteiger partial charge >= 0.3 is 0 Å². The molecule has 0 amide bonds. The number of likely N-dealkylation sites (N-methyl/N-ethyl adjacent to an activating group) is 1. The summed E-state index contributed by atoms with van der Waals surface area (Å²) in [6, 6.07) is 0.619. The number of ketones is 1. The molecule has 18 heavy (non-hydrogen) atoms. The Morgan fingerprint density at radius 2 is 1.72 bits per heavy atom. The van der Waals surface area contributed by atoms with Crippen molar-refractivity contribution in [3.05, 3.63) is 0 Å². The molecule has 0 spiro atoms. The second-order valence-corrected chi connectivity index (χ2v) is 6.25. The van der Waals surface area contributed by atoms with Gasteiger partial charge in [0.05, 0.1) is 6.54 Å². The zero-order valence-corrected chi connectivity index (χ0v) is 12.0. The van der Waals surface area contributed by atoms with Gasteiger partial charge in [-0.1, -0.05) is 19.3 Å². The molecule has 3 heteroatoms. The molecule has 2 aliphatic rings. The molecule has 2 rings (SSSR count). The molecular formula is C15H28N2O. The van der Waals surface area contributed by atoms with Crippen molar-refractivity contribution in [3.8, 4) is 0 Å². The Morgan fingerprint density at radius 1 is 1.11 bits per heavy atom. The average Bonchev–Trinajstić information content (AvgIpc) is 2.40. The van der Waals surface area contributed by atoms with E-state index in [1.54, 1.807) is 0 Å². The van der Waals surface area contributed by atoms with Crippen LogP contribution in [0.4, 0.5) is 0 Å². The quantitative estimate of drug-likeness (QED) is 0.766. The van der Waals surface area contributed by atoms with Gasteiger partial charge in [0, 0.05) is 12.0 Å². The van der Waals surface area contributed by atoms with E-state index in [0.717, 1.165) is 12.8 Å². The standard InChI is InChI=1S/C15H28N2O/c1-16-10-8-14(9-11-16)17(2)12-15(18)13-6-4-3-5-7-13/h13-14H,3-12H2,1-2H3. The first-order chi connectivity index (χ1) is 8.66. The van der Waals surface area contributed by atoms with Crippen molar-refractivity contribution in [1.29, 1.82) is 0 Å². The minimum atomic E-state index is 0.368. The third kappa shape index (κ3) is 3.79. The van der Waals surface area contributed by atoms with Gasteiger partial charge in [-0.15, -0.1) is 0 Å². The molecule has 0 bridgehead atoms. The number of piperidine rings is 1. The van der Waals surface area contributed by atoms with Crippen LogP contribution in [-0.2, 0) is 4.79 Å². The van der Waals surface area contributed by atoms with E-state index in [1.807, 2.05) is 0 Å². The highest BCUT2D eigenvalue weighted by Gasteiger charge is 2.26. The monoisotopic (exact) mass is 252 g/mol. The number of rotatable bonds is 4. The fraction of sp³-hybridized carbons (Fsp3) is 0.933. The molecule has 1 aliphatic carbocycles. The lowest BCUT2D eigenvalue weighted by Crippen LogP contribution is -2.44. The van der Waals surface area contributed by atoms with Crippen LogP contribution in [0.5, 0.6) is 0 Å². The largest absolute Gasteiger partial charge is 0.306 e. The molecule has 0 aromatic heterocycles. The van der Waals surface area contributed by atoms with Crippen LogP contribution in [-0.4, -0.2) is 55.4 Å². The van der Waals surface area contributed by atoms with Gasteiger partial charge in [-0.2, -0.15) is 0 Å². The van der Waals surface area contributed by atoms with Gasteiger partial charge in [0.2, 0.25) is 0 Å². The van der Waals surface area contributed by atoms with Gasteiger partial charge in [0.25, 0.3) is 0 Å². The maximum atomic E-state index is 12.3. The Balaban J connectivity index is 1.75. The SMILES string of the molecule is CN1CCC(N(C)CC(=O)C2CCCCC2)CC1. The van der Waals surface area contributed by atoms with Gasteiger partial charge in [0.1, 0.15) is 5.78 Å². The van der Waals surface area contributed by atoms with Crippen molar-refractivity contribution < 1.29 is 4.79 Å². The first kappa shape index (κ1) is 14.0. The highest BCUT2D eigenvalue weighted by molar-refractivity contribution is 5.83. The summed E-state index contributed by atoms with van der Waals surface area (Å²) in [5.74, 6) is 0.864. The van der Waals surface area contributed by atoms with Gasteiger partial charge in [0.15, 0.2) is 0 Å². The summed E-state index contributed by atoms with van der Waals surface area (Å²) in [5.41, 5.74) is 0. The zero-order valence-electron chi connectivity index (χ0n) is 12.0. The molecule has 0 aromatic rings. The van der Waals surface area contributed by atoms with Crippen LogP contribution in [0.1, 0.15) is 44.9 Å². The van der Waals surface area contributed by atoms with Crippen molar-refractivity contribution in [2.45, 2.75) is 51.0 Å². The third-order valence-corrected chi connectivity index (χ3v) is 4.78. The van der Waals surface area contributed by atoms with Crippen LogP contribution in [0, 0.1) is 5.92 Å². The lowest BCUT2D eigenvalue weighted by atomic mass is 9.86. The summed E-state index contributed by atoms with van der Waals surface area (Å²) in [6.07, 6.45) is 8.55. The summed E-state index contributed by atoms with van der Waals surface area (Å²) in [4.78, 5) is 17.0. The third-order valence-electron chi connectivity index (χ3n) is 4.78. The number of nitrogens with zero attached hydrogens (tertiary/aromatic N) is 2. The van der Waals surface area contributed by atoms with Gasteiger partial charge in [-0.3, -0.25) is 9.69 Å². The highest BCUT2D eigenvalue weighted by Crippen LogP contribution is 2.25.